The molecule has 0 bridgehead atoms. The lowest BCUT2D eigenvalue weighted by Crippen LogP contribution is -2.06. The smallest absolute Gasteiger partial charge is 0.335 e. The van der Waals surface area contributed by atoms with Crippen LogP contribution in [0.4, 0.5) is 0 Å². The minimum atomic E-state index is -1.13. The molecule has 0 amide bonds. The van der Waals surface area contributed by atoms with Crippen LogP contribution in [0.1, 0.15) is 36.6 Å². The first-order valence-electron chi connectivity index (χ1n) is 5.70. The van der Waals surface area contributed by atoms with E-state index in [1.807, 2.05) is 0 Å². The van der Waals surface area contributed by atoms with Crippen molar-refractivity contribution >= 4 is 42.5 Å². The molecule has 0 atom stereocenters. The molecule has 2 aromatic rings. The first-order valence-corrected chi connectivity index (χ1v) is 5.70. The van der Waals surface area contributed by atoms with E-state index < -0.39 is 17.7 Å². The molecule has 0 aliphatic rings. The highest BCUT2D eigenvalue weighted by atomic mass is 35.5. The highest BCUT2D eigenvalue weighted by Crippen LogP contribution is 2.13. The van der Waals surface area contributed by atoms with Gasteiger partial charge >= 0.3 is 11.9 Å². The van der Waals surface area contributed by atoms with Crippen molar-refractivity contribution in [1.29, 1.82) is 0 Å². The summed E-state index contributed by atoms with van der Waals surface area (Å²) in [5.41, 5.74) is 0.412. The molecule has 0 aromatic heterocycles. The van der Waals surface area contributed by atoms with Gasteiger partial charge in [0.05, 0.1) is 11.1 Å². The molecule has 0 radical (unpaired) electrons. The van der Waals surface area contributed by atoms with Gasteiger partial charge in [0.1, 0.15) is 0 Å². The van der Waals surface area contributed by atoms with E-state index in [2.05, 4.69) is 0 Å². The lowest BCUT2D eigenvalue weighted by Gasteiger charge is -2.03. The lowest BCUT2D eigenvalue weighted by molar-refractivity contribution is 0.0686. The van der Waals surface area contributed by atoms with Gasteiger partial charge in [-0.25, -0.2) is 9.59 Å². The van der Waals surface area contributed by atoms with Crippen molar-refractivity contribution < 1.29 is 24.6 Å². The Morgan fingerprint density at radius 2 is 0.955 bits per heavy atom. The van der Waals surface area contributed by atoms with Gasteiger partial charge in [0.2, 0.25) is 0 Å². The molecule has 2 N–H and O–H groups in total. The number of carbonyl (C=O) groups excluding carboxylic acids is 1. The molecule has 22 heavy (non-hydrogen) atoms. The fourth-order valence-corrected chi connectivity index (χ4v) is 1.75. The van der Waals surface area contributed by atoms with Crippen LogP contribution in [0, 0.1) is 0 Å². The number of carboxylic acid groups (broad SMARTS) is 2. The van der Waals surface area contributed by atoms with Crippen molar-refractivity contribution in [2.75, 3.05) is 0 Å². The standard InChI is InChI=1S/C15H10O5.2ClH/c16-13(9-3-1-5-11(7-9)14(17)18)10-4-2-6-12(8-10)15(19)20;;/h1-8H,(H,17,18)(H,19,20);2*1H. The summed E-state index contributed by atoms with van der Waals surface area (Å²) in [5, 5.41) is 17.8. The maximum absolute atomic E-state index is 12.2. The Bertz CT molecular complexity index is 653. The third-order valence-corrected chi connectivity index (χ3v) is 2.74. The molecule has 2 aromatic carbocycles. The molecular weight excluding hydrogens is 331 g/mol. The number of carboxylic acids is 2. The molecule has 116 valence electrons. The SMILES string of the molecule is Cl.Cl.O=C(O)c1cccc(C(=O)c2cccc(C(=O)O)c2)c1. The molecule has 0 aliphatic carbocycles. The van der Waals surface area contributed by atoms with Crippen LogP contribution in [0.2, 0.25) is 0 Å². The van der Waals surface area contributed by atoms with Gasteiger partial charge in [-0.05, 0) is 24.3 Å². The summed E-state index contributed by atoms with van der Waals surface area (Å²) in [6, 6.07) is 11.2. The van der Waals surface area contributed by atoms with E-state index in [1.54, 1.807) is 0 Å². The van der Waals surface area contributed by atoms with Crippen LogP contribution in [0.3, 0.4) is 0 Å². The second-order valence-electron chi connectivity index (χ2n) is 4.10. The predicted octanol–water partition coefficient (Wildman–Crippen LogP) is 3.16. The summed E-state index contributed by atoms with van der Waals surface area (Å²) in [6.45, 7) is 0. The van der Waals surface area contributed by atoms with Crippen LogP contribution in [0.25, 0.3) is 0 Å². The van der Waals surface area contributed by atoms with E-state index in [4.69, 9.17) is 10.2 Å². The Labute approximate surface area is 138 Å². The molecule has 7 heteroatoms. The van der Waals surface area contributed by atoms with Crippen molar-refractivity contribution in [3.63, 3.8) is 0 Å². The fourth-order valence-electron chi connectivity index (χ4n) is 1.75. The predicted molar refractivity (Wildman–Crippen MR) is 84.7 cm³/mol. The van der Waals surface area contributed by atoms with Crippen LogP contribution in [0.15, 0.2) is 48.5 Å². The number of halogens is 2. The molecular formula is C15H12Cl2O5. The molecule has 2 rings (SSSR count). The third kappa shape index (κ3) is 4.31. The minimum Gasteiger partial charge on any atom is -0.478 e. The zero-order valence-electron chi connectivity index (χ0n) is 11.1. The molecule has 0 aliphatic heterocycles. The minimum absolute atomic E-state index is 0. The first kappa shape index (κ1) is 19.6. The molecule has 5 nitrogen and oxygen atoms in total. The fraction of sp³-hybridized carbons (Fsp3) is 0. The summed E-state index contributed by atoms with van der Waals surface area (Å²) in [6.07, 6.45) is 0. The van der Waals surface area contributed by atoms with Gasteiger partial charge in [-0.3, -0.25) is 4.79 Å². The van der Waals surface area contributed by atoms with Crippen LogP contribution < -0.4 is 0 Å². The van der Waals surface area contributed by atoms with Crippen LogP contribution >= 0.6 is 24.8 Å². The van der Waals surface area contributed by atoms with Gasteiger partial charge in [0, 0.05) is 11.1 Å². The van der Waals surface area contributed by atoms with Gasteiger partial charge in [-0.1, -0.05) is 24.3 Å². The summed E-state index contributed by atoms with van der Waals surface area (Å²) in [4.78, 5) is 33.9. The van der Waals surface area contributed by atoms with Crippen molar-refractivity contribution in [1.82, 2.24) is 0 Å². The quantitative estimate of drug-likeness (QED) is 0.832. The second-order valence-corrected chi connectivity index (χ2v) is 4.10. The van der Waals surface area contributed by atoms with E-state index in [0.717, 1.165) is 0 Å². The summed E-state index contributed by atoms with van der Waals surface area (Å²) < 4.78 is 0. The number of hydrogen-bond donors (Lipinski definition) is 2. The summed E-state index contributed by atoms with van der Waals surface area (Å²) in [7, 11) is 0. The molecule has 0 unspecified atom stereocenters. The number of aromatic carboxylic acids is 2. The van der Waals surface area contributed by atoms with E-state index in [1.165, 1.54) is 48.5 Å². The average molecular weight is 343 g/mol. The van der Waals surface area contributed by atoms with Gasteiger partial charge in [-0.2, -0.15) is 0 Å². The van der Waals surface area contributed by atoms with E-state index >= 15 is 0 Å². The van der Waals surface area contributed by atoms with Gasteiger partial charge in [0.15, 0.2) is 5.78 Å². The second kappa shape index (κ2) is 8.17. The van der Waals surface area contributed by atoms with E-state index in [9.17, 15) is 14.4 Å². The normalized spacial score (nSPS) is 9.09. The van der Waals surface area contributed by atoms with E-state index in [0.29, 0.717) is 0 Å². The van der Waals surface area contributed by atoms with Crippen molar-refractivity contribution in [2.45, 2.75) is 0 Å². The molecule has 0 saturated heterocycles. The van der Waals surface area contributed by atoms with Crippen molar-refractivity contribution in [3.8, 4) is 0 Å². The Morgan fingerprint density at radius 1 is 0.636 bits per heavy atom. The largest absolute Gasteiger partial charge is 0.478 e. The molecule has 0 heterocycles. The summed E-state index contributed by atoms with van der Waals surface area (Å²) >= 11 is 0. The zero-order chi connectivity index (χ0) is 14.7. The molecule has 0 fully saturated rings. The van der Waals surface area contributed by atoms with Crippen molar-refractivity contribution in [3.05, 3.63) is 70.8 Å². The maximum atomic E-state index is 12.2. The van der Waals surface area contributed by atoms with E-state index in [-0.39, 0.29) is 47.1 Å². The van der Waals surface area contributed by atoms with Gasteiger partial charge < -0.3 is 10.2 Å². The Morgan fingerprint density at radius 3 is 1.27 bits per heavy atom. The number of benzene rings is 2. The summed E-state index contributed by atoms with van der Waals surface area (Å²) in [5.74, 6) is -2.67. The molecule has 0 saturated carbocycles. The Balaban J connectivity index is 0.00000220. The third-order valence-electron chi connectivity index (χ3n) is 2.74. The van der Waals surface area contributed by atoms with Gasteiger partial charge in [0.25, 0.3) is 0 Å². The van der Waals surface area contributed by atoms with Crippen LogP contribution in [0.5, 0.6) is 0 Å². The Kier molecular flexibility index (Phi) is 7.29. The number of rotatable bonds is 4. The zero-order valence-corrected chi connectivity index (χ0v) is 12.7. The van der Waals surface area contributed by atoms with Crippen LogP contribution in [-0.2, 0) is 0 Å². The lowest BCUT2D eigenvalue weighted by atomic mass is 10.00. The maximum Gasteiger partial charge on any atom is 0.335 e. The van der Waals surface area contributed by atoms with Gasteiger partial charge in [-0.15, -0.1) is 24.8 Å². The number of ketones is 1. The van der Waals surface area contributed by atoms with Crippen molar-refractivity contribution in [2.24, 2.45) is 0 Å². The molecule has 0 spiro atoms. The average Bonchev–Trinajstić information content (AvgIpc) is 2.46. The number of carbonyl (C=O) groups is 3. The number of hydrogen-bond acceptors (Lipinski definition) is 3. The highest BCUT2D eigenvalue weighted by molar-refractivity contribution is 6.10. The highest BCUT2D eigenvalue weighted by Gasteiger charge is 2.13. The monoisotopic (exact) mass is 342 g/mol. The first-order chi connectivity index (χ1) is 9.49. The topological polar surface area (TPSA) is 91.7 Å². The van der Waals surface area contributed by atoms with Crippen LogP contribution in [-0.4, -0.2) is 27.9 Å². The Hall–Kier alpha value is -2.37.